The monoisotopic (exact) mass is 291 g/mol. The molecule has 0 spiro atoms. The summed E-state index contributed by atoms with van der Waals surface area (Å²) in [6, 6.07) is 8.66. The summed E-state index contributed by atoms with van der Waals surface area (Å²) >= 11 is 0. The molecule has 0 bridgehead atoms. The van der Waals surface area contributed by atoms with Crippen LogP contribution in [0.3, 0.4) is 0 Å². The van der Waals surface area contributed by atoms with Gasteiger partial charge in [0.25, 0.3) is 0 Å². The zero-order valence-electron chi connectivity index (χ0n) is 13.8. The van der Waals surface area contributed by atoms with Gasteiger partial charge in [-0.15, -0.1) is 0 Å². The van der Waals surface area contributed by atoms with Gasteiger partial charge in [0.1, 0.15) is 11.9 Å². The fourth-order valence-electron chi connectivity index (χ4n) is 3.39. The van der Waals surface area contributed by atoms with Crippen LogP contribution in [0, 0.1) is 5.41 Å². The van der Waals surface area contributed by atoms with Crippen LogP contribution in [0.15, 0.2) is 24.3 Å². The van der Waals surface area contributed by atoms with E-state index in [1.165, 1.54) is 12.8 Å². The van der Waals surface area contributed by atoms with Gasteiger partial charge >= 0.3 is 0 Å². The highest BCUT2D eigenvalue weighted by molar-refractivity contribution is 5.28. The second-order valence-corrected chi connectivity index (χ2v) is 6.65. The Morgan fingerprint density at radius 3 is 2.86 bits per heavy atom. The van der Waals surface area contributed by atoms with Crippen molar-refractivity contribution in [2.45, 2.75) is 58.8 Å². The number of benzene rings is 1. The minimum absolute atomic E-state index is 0.242. The zero-order chi connectivity index (χ0) is 15.3. The summed E-state index contributed by atoms with van der Waals surface area (Å²) in [4.78, 5) is 0. The number of hydrogen-bond acceptors (Lipinski definition) is 3. The molecule has 1 fully saturated rings. The van der Waals surface area contributed by atoms with Crippen molar-refractivity contribution in [3.63, 3.8) is 0 Å². The molecule has 0 aromatic heterocycles. The van der Waals surface area contributed by atoms with E-state index in [9.17, 15) is 0 Å². The molecule has 2 unspecified atom stereocenters. The SMILES string of the molecule is CCNC1C(Oc2cccc(COC)c2)CCCC1(C)C. The molecule has 0 aliphatic heterocycles. The number of methoxy groups -OCH3 is 1. The minimum atomic E-state index is 0.242. The van der Waals surface area contributed by atoms with Crippen LogP contribution >= 0.6 is 0 Å². The largest absolute Gasteiger partial charge is 0.489 e. The topological polar surface area (TPSA) is 30.5 Å². The maximum atomic E-state index is 6.33. The van der Waals surface area contributed by atoms with Gasteiger partial charge in [0.2, 0.25) is 0 Å². The summed E-state index contributed by atoms with van der Waals surface area (Å²) in [6.45, 7) is 8.47. The number of ether oxygens (including phenoxy) is 2. The average molecular weight is 291 g/mol. The summed E-state index contributed by atoms with van der Waals surface area (Å²) in [7, 11) is 1.72. The van der Waals surface area contributed by atoms with Crippen LogP contribution in [0.1, 0.15) is 45.6 Å². The van der Waals surface area contributed by atoms with Crippen LogP contribution in [0.25, 0.3) is 0 Å². The van der Waals surface area contributed by atoms with Gasteiger partial charge in [-0.3, -0.25) is 0 Å². The molecule has 0 amide bonds. The van der Waals surface area contributed by atoms with Crippen LogP contribution in [-0.2, 0) is 11.3 Å². The Morgan fingerprint density at radius 1 is 1.33 bits per heavy atom. The highest BCUT2D eigenvalue weighted by Crippen LogP contribution is 2.37. The fourth-order valence-corrected chi connectivity index (χ4v) is 3.39. The smallest absolute Gasteiger partial charge is 0.120 e. The molecule has 0 radical (unpaired) electrons. The van der Waals surface area contributed by atoms with Crippen molar-refractivity contribution >= 4 is 0 Å². The molecule has 2 rings (SSSR count). The number of likely N-dealkylation sites (N-methyl/N-ethyl adjacent to an activating group) is 1. The second-order valence-electron chi connectivity index (χ2n) is 6.65. The van der Waals surface area contributed by atoms with Crippen LogP contribution < -0.4 is 10.1 Å². The summed E-state index contributed by atoms with van der Waals surface area (Å²) in [6.07, 6.45) is 3.85. The third-order valence-electron chi connectivity index (χ3n) is 4.44. The standard InChI is InChI=1S/C18H29NO2/c1-5-19-17-16(10-7-11-18(17,2)3)21-15-9-6-8-14(12-15)13-20-4/h6,8-9,12,16-17,19H,5,7,10-11,13H2,1-4H3. The zero-order valence-corrected chi connectivity index (χ0v) is 13.8. The molecule has 21 heavy (non-hydrogen) atoms. The van der Waals surface area contributed by atoms with Crippen LogP contribution in [0.5, 0.6) is 5.75 Å². The van der Waals surface area contributed by atoms with Gasteiger partial charge in [-0.1, -0.05) is 32.9 Å². The molecule has 3 heteroatoms. The molecule has 1 aliphatic rings. The Kier molecular flexibility index (Phi) is 5.65. The lowest BCUT2D eigenvalue weighted by Gasteiger charge is -2.44. The first kappa shape index (κ1) is 16.3. The quantitative estimate of drug-likeness (QED) is 0.865. The van der Waals surface area contributed by atoms with Crippen LogP contribution in [-0.4, -0.2) is 25.8 Å². The highest BCUT2D eigenvalue weighted by Gasteiger charge is 2.39. The van der Waals surface area contributed by atoms with E-state index >= 15 is 0 Å². The molecule has 0 heterocycles. The molecule has 3 nitrogen and oxygen atoms in total. The predicted octanol–water partition coefficient (Wildman–Crippen LogP) is 3.77. The molecule has 1 N–H and O–H groups in total. The van der Waals surface area contributed by atoms with Crippen molar-refractivity contribution in [2.75, 3.05) is 13.7 Å². The van der Waals surface area contributed by atoms with Gasteiger partial charge in [0.15, 0.2) is 0 Å². The molecule has 2 atom stereocenters. The van der Waals surface area contributed by atoms with Crippen LogP contribution in [0.4, 0.5) is 0 Å². The summed E-state index contributed by atoms with van der Waals surface area (Å²) in [5, 5.41) is 3.64. The molecule has 118 valence electrons. The molecule has 1 saturated carbocycles. The Balaban J connectivity index is 2.10. The number of hydrogen-bond donors (Lipinski definition) is 1. The molecule has 1 aromatic rings. The molecule has 1 aliphatic carbocycles. The first-order valence-electron chi connectivity index (χ1n) is 8.04. The van der Waals surface area contributed by atoms with Gasteiger partial charge in [0.05, 0.1) is 6.61 Å². The van der Waals surface area contributed by atoms with Gasteiger partial charge < -0.3 is 14.8 Å². The third-order valence-corrected chi connectivity index (χ3v) is 4.44. The average Bonchev–Trinajstić information content (AvgIpc) is 2.43. The van der Waals surface area contributed by atoms with E-state index < -0.39 is 0 Å². The van der Waals surface area contributed by atoms with E-state index in [0.29, 0.717) is 12.6 Å². The Morgan fingerprint density at radius 2 is 2.14 bits per heavy atom. The van der Waals surface area contributed by atoms with E-state index in [0.717, 1.165) is 24.3 Å². The number of rotatable bonds is 6. The van der Waals surface area contributed by atoms with Gasteiger partial charge in [0, 0.05) is 13.2 Å². The van der Waals surface area contributed by atoms with E-state index in [1.54, 1.807) is 7.11 Å². The van der Waals surface area contributed by atoms with E-state index in [-0.39, 0.29) is 11.5 Å². The summed E-state index contributed by atoms with van der Waals surface area (Å²) in [5.41, 5.74) is 1.44. The molecule has 0 saturated heterocycles. The third kappa shape index (κ3) is 4.21. The van der Waals surface area contributed by atoms with Crippen LogP contribution in [0.2, 0.25) is 0 Å². The molecule has 1 aromatic carbocycles. The van der Waals surface area contributed by atoms with Crippen molar-refractivity contribution in [3.05, 3.63) is 29.8 Å². The summed E-state index contributed by atoms with van der Waals surface area (Å²) in [5.74, 6) is 0.954. The fraction of sp³-hybridized carbons (Fsp3) is 0.667. The Labute approximate surface area is 129 Å². The van der Waals surface area contributed by atoms with E-state index in [2.05, 4.69) is 38.2 Å². The number of nitrogens with one attached hydrogen (secondary N) is 1. The normalized spacial score (nSPS) is 24.8. The molecular weight excluding hydrogens is 262 g/mol. The van der Waals surface area contributed by atoms with E-state index in [4.69, 9.17) is 9.47 Å². The Bertz CT molecular complexity index is 445. The lowest BCUT2D eigenvalue weighted by atomic mass is 9.71. The highest BCUT2D eigenvalue weighted by atomic mass is 16.5. The Hall–Kier alpha value is -1.06. The van der Waals surface area contributed by atoms with E-state index in [1.807, 2.05) is 12.1 Å². The van der Waals surface area contributed by atoms with Gasteiger partial charge in [-0.05, 0) is 48.9 Å². The van der Waals surface area contributed by atoms with Crippen molar-refractivity contribution in [3.8, 4) is 5.75 Å². The van der Waals surface area contributed by atoms with Gasteiger partial charge in [-0.25, -0.2) is 0 Å². The summed E-state index contributed by atoms with van der Waals surface area (Å²) < 4.78 is 11.5. The lowest BCUT2D eigenvalue weighted by Crippen LogP contribution is -2.54. The van der Waals surface area contributed by atoms with Crippen molar-refractivity contribution in [1.82, 2.24) is 5.32 Å². The van der Waals surface area contributed by atoms with Crippen molar-refractivity contribution < 1.29 is 9.47 Å². The lowest BCUT2D eigenvalue weighted by molar-refractivity contribution is 0.0371. The van der Waals surface area contributed by atoms with Crippen molar-refractivity contribution in [2.24, 2.45) is 5.41 Å². The molecular formula is C18H29NO2. The first-order valence-corrected chi connectivity index (χ1v) is 8.04. The first-order chi connectivity index (χ1) is 10.1. The predicted molar refractivity (Wildman–Crippen MR) is 86.7 cm³/mol. The minimum Gasteiger partial charge on any atom is -0.489 e. The maximum absolute atomic E-state index is 6.33. The van der Waals surface area contributed by atoms with Crippen molar-refractivity contribution in [1.29, 1.82) is 0 Å². The maximum Gasteiger partial charge on any atom is 0.120 e. The van der Waals surface area contributed by atoms with Gasteiger partial charge in [-0.2, -0.15) is 0 Å². The second kappa shape index (κ2) is 7.28.